The Balaban J connectivity index is 1.05. The van der Waals surface area contributed by atoms with Crippen LogP contribution in [0.5, 0.6) is 40.2 Å². The second-order valence-corrected chi connectivity index (χ2v) is 11.2. The van der Waals surface area contributed by atoms with E-state index >= 15 is 0 Å². The lowest BCUT2D eigenvalue weighted by molar-refractivity contribution is 0.0774. The van der Waals surface area contributed by atoms with E-state index < -0.39 is 0 Å². The third-order valence-corrected chi connectivity index (χ3v) is 8.49. The molecule has 12 heteroatoms. The van der Waals surface area contributed by atoms with Gasteiger partial charge in [-0.3, -0.25) is 9.79 Å². The largest absolute Gasteiger partial charge is 0.493 e. The van der Waals surface area contributed by atoms with Gasteiger partial charge >= 0.3 is 0 Å². The highest BCUT2D eigenvalue weighted by Crippen LogP contribution is 2.43. The van der Waals surface area contributed by atoms with E-state index in [1.165, 1.54) is 0 Å². The van der Waals surface area contributed by atoms with Crippen molar-refractivity contribution in [3.05, 3.63) is 59.2 Å². The van der Waals surface area contributed by atoms with Crippen LogP contribution in [-0.2, 0) is 4.84 Å². The summed E-state index contributed by atoms with van der Waals surface area (Å²) >= 11 is 0. The normalized spacial score (nSPS) is 18.0. The Kier molecular flexibility index (Phi) is 9.55. The molecule has 0 N–H and O–H groups in total. The summed E-state index contributed by atoms with van der Waals surface area (Å²) in [6.45, 7) is 1.51. The van der Waals surface area contributed by atoms with Crippen LogP contribution >= 0.6 is 0 Å². The molecule has 0 saturated carbocycles. The third-order valence-electron chi connectivity index (χ3n) is 8.49. The lowest BCUT2D eigenvalue weighted by Crippen LogP contribution is -2.35. The van der Waals surface area contributed by atoms with Crippen LogP contribution in [0.2, 0.25) is 0 Å². The molecule has 1 unspecified atom stereocenters. The van der Waals surface area contributed by atoms with Crippen molar-refractivity contribution in [2.45, 2.75) is 37.8 Å². The van der Waals surface area contributed by atoms with E-state index in [9.17, 15) is 4.79 Å². The molecule has 12 nitrogen and oxygen atoms in total. The number of carbonyl (C=O) groups excluding carboxylic acids is 1. The molecule has 6 rings (SSSR count). The molecular formula is C35H39N3O9. The molecule has 0 bridgehead atoms. The summed E-state index contributed by atoms with van der Waals surface area (Å²) < 4.78 is 39.7. The molecule has 1 saturated heterocycles. The van der Waals surface area contributed by atoms with Crippen molar-refractivity contribution in [2.24, 2.45) is 10.1 Å². The van der Waals surface area contributed by atoms with Gasteiger partial charge in [0.05, 0.1) is 71.8 Å². The number of carbonyl (C=O) groups is 1. The predicted octanol–water partition coefficient (Wildman–Crippen LogP) is 5.76. The fraction of sp³-hybridized carbons (Fsp3) is 0.400. The minimum absolute atomic E-state index is 0.0239. The van der Waals surface area contributed by atoms with Gasteiger partial charge in [-0.25, -0.2) is 0 Å². The van der Waals surface area contributed by atoms with Crippen LogP contribution in [0.1, 0.15) is 53.3 Å². The Labute approximate surface area is 273 Å². The number of aliphatic imine (C=N–C) groups is 1. The van der Waals surface area contributed by atoms with Crippen molar-refractivity contribution in [2.75, 3.05) is 55.3 Å². The fourth-order valence-corrected chi connectivity index (χ4v) is 6.02. The monoisotopic (exact) mass is 645 g/mol. The van der Waals surface area contributed by atoms with Gasteiger partial charge in [0.15, 0.2) is 40.6 Å². The number of hydrogen-bond acceptors (Lipinski definition) is 11. The molecule has 0 aromatic heterocycles. The number of oxime groups is 1. The van der Waals surface area contributed by atoms with E-state index in [1.54, 1.807) is 47.7 Å². The first-order valence-electron chi connectivity index (χ1n) is 15.5. The van der Waals surface area contributed by atoms with Gasteiger partial charge in [0, 0.05) is 42.8 Å². The highest BCUT2D eigenvalue weighted by molar-refractivity contribution is 6.03. The van der Waals surface area contributed by atoms with E-state index in [1.807, 2.05) is 41.4 Å². The molecule has 3 aromatic rings. The van der Waals surface area contributed by atoms with Crippen molar-refractivity contribution in [1.82, 2.24) is 4.90 Å². The van der Waals surface area contributed by atoms with Gasteiger partial charge in [-0.1, -0.05) is 5.16 Å². The van der Waals surface area contributed by atoms with Crippen LogP contribution in [0.4, 0.5) is 5.69 Å². The molecule has 0 spiro atoms. The zero-order chi connectivity index (χ0) is 32.9. The molecular weight excluding hydrogens is 606 g/mol. The van der Waals surface area contributed by atoms with Crippen molar-refractivity contribution < 1.29 is 42.8 Å². The van der Waals surface area contributed by atoms with Gasteiger partial charge < -0.3 is 42.9 Å². The van der Waals surface area contributed by atoms with Gasteiger partial charge in [-0.2, -0.15) is 0 Å². The summed E-state index contributed by atoms with van der Waals surface area (Å²) in [4.78, 5) is 25.4. The smallest absolute Gasteiger partial charge is 0.256 e. The molecule has 0 radical (unpaired) electrons. The Hall–Kier alpha value is -5.13. The first-order valence-corrected chi connectivity index (χ1v) is 15.5. The SMILES string of the molecule is COc1cc(C2=NOC(c3cc(OC)c(OC)c(OC)c3)C2)ccc1OCCCOc1cc2c(cc1OC)C(=O)N1CCC[C@H]1C=N2. The summed E-state index contributed by atoms with van der Waals surface area (Å²) in [5.74, 6) is 3.81. The molecule has 47 heavy (non-hydrogen) atoms. The van der Waals surface area contributed by atoms with Crippen LogP contribution in [0.3, 0.4) is 0 Å². The summed E-state index contributed by atoms with van der Waals surface area (Å²) in [7, 11) is 7.89. The lowest BCUT2D eigenvalue weighted by atomic mass is 9.99. The standard InChI is InChI=1S/C35H39N3O9/c1-40-29-14-21(25-18-28(47-37-25)22-15-32(42-3)34(44-5)33(16-22)43-4)9-10-27(29)45-12-7-13-46-31-19-26-24(17-30(31)41-2)35(39)38-11-6-8-23(38)20-36-26/h9-10,14-17,19-20,23,28H,6-8,11-13,18H2,1-5H3/t23-,28?/m0/s1. The summed E-state index contributed by atoms with van der Waals surface area (Å²) in [5.41, 5.74) is 3.62. The first-order chi connectivity index (χ1) is 23.0. The second kappa shape index (κ2) is 14.1. The summed E-state index contributed by atoms with van der Waals surface area (Å²) in [5, 5.41) is 4.35. The fourth-order valence-electron chi connectivity index (χ4n) is 6.02. The molecule has 2 atom stereocenters. The average Bonchev–Trinajstić information content (AvgIpc) is 3.78. The minimum atomic E-state index is -0.316. The zero-order valence-corrected chi connectivity index (χ0v) is 27.2. The van der Waals surface area contributed by atoms with Crippen molar-refractivity contribution in [1.29, 1.82) is 0 Å². The molecule has 1 amide bonds. The Bertz CT molecular complexity index is 1660. The number of fused-ring (bicyclic) bond motifs is 2. The van der Waals surface area contributed by atoms with Gasteiger partial charge in [-0.15, -0.1) is 0 Å². The van der Waals surface area contributed by atoms with Crippen LogP contribution in [0, 0.1) is 0 Å². The van der Waals surface area contributed by atoms with Gasteiger partial charge in [-0.05, 0) is 49.2 Å². The van der Waals surface area contributed by atoms with Gasteiger partial charge in [0.1, 0.15) is 0 Å². The van der Waals surface area contributed by atoms with Crippen LogP contribution in [0.15, 0.2) is 52.6 Å². The number of nitrogens with zero attached hydrogens (tertiary/aromatic N) is 3. The number of methoxy groups -OCH3 is 5. The Morgan fingerprint density at radius 2 is 1.51 bits per heavy atom. The number of rotatable bonds is 13. The zero-order valence-electron chi connectivity index (χ0n) is 27.2. The molecule has 3 aliphatic rings. The quantitative estimate of drug-likeness (QED) is 0.214. The van der Waals surface area contributed by atoms with E-state index in [2.05, 4.69) is 10.1 Å². The van der Waals surface area contributed by atoms with Crippen LogP contribution < -0.4 is 33.2 Å². The molecule has 1 fully saturated rings. The highest BCUT2D eigenvalue weighted by atomic mass is 16.6. The number of hydrogen-bond donors (Lipinski definition) is 0. The first kappa shape index (κ1) is 31.8. The molecule has 3 aromatic carbocycles. The summed E-state index contributed by atoms with van der Waals surface area (Å²) in [6.07, 6.45) is 4.60. The Morgan fingerprint density at radius 3 is 2.21 bits per heavy atom. The predicted molar refractivity (Wildman–Crippen MR) is 175 cm³/mol. The maximum absolute atomic E-state index is 13.1. The minimum Gasteiger partial charge on any atom is -0.493 e. The van der Waals surface area contributed by atoms with Crippen molar-refractivity contribution in [3.63, 3.8) is 0 Å². The lowest BCUT2D eigenvalue weighted by Gasteiger charge is -2.20. The maximum Gasteiger partial charge on any atom is 0.256 e. The topological polar surface area (TPSA) is 119 Å². The maximum atomic E-state index is 13.1. The number of amides is 1. The van der Waals surface area contributed by atoms with Crippen molar-refractivity contribution in [3.8, 4) is 40.2 Å². The Morgan fingerprint density at radius 1 is 0.809 bits per heavy atom. The van der Waals surface area contributed by atoms with E-state index in [0.717, 1.165) is 36.2 Å². The highest BCUT2D eigenvalue weighted by Gasteiger charge is 2.33. The van der Waals surface area contributed by atoms with E-state index in [4.69, 9.17) is 38.0 Å². The molecule has 248 valence electrons. The number of benzene rings is 3. The summed E-state index contributed by atoms with van der Waals surface area (Å²) in [6, 6.07) is 13.0. The van der Waals surface area contributed by atoms with Gasteiger partial charge in [0.2, 0.25) is 5.75 Å². The van der Waals surface area contributed by atoms with Crippen LogP contribution in [0.25, 0.3) is 0 Å². The van der Waals surface area contributed by atoms with E-state index in [0.29, 0.717) is 77.6 Å². The van der Waals surface area contributed by atoms with E-state index in [-0.39, 0.29) is 18.1 Å². The third kappa shape index (κ3) is 6.45. The van der Waals surface area contributed by atoms with Crippen molar-refractivity contribution >= 4 is 23.5 Å². The molecule has 3 heterocycles. The van der Waals surface area contributed by atoms with Crippen LogP contribution in [-0.4, -0.2) is 84.1 Å². The molecule has 0 aliphatic carbocycles. The average molecular weight is 646 g/mol. The number of ether oxygens (including phenoxy) is 7. The molecule has 3 aliphatic heterocycles. The second-order valence-electron chi connectivity index (χ2n) is 11.2. The van der Waals surface area contributed by atoms with Gasteiger partial charge in [0.25, 0.3) is 5.91 Å².